The number of aromatic nitrogens is 3. The summed E-state index contributed by atoms with van der Waals surface area (Å²) in [5.41, 5.74) is 3.44. The van der Waals surface area contributed by atoms with Crippen LogP contribution in [0.5, 0.6) is 0 Å². The zero-order chi connectivity index (χ0) is 7.97. The van der Waals surface area contributed by atoms with Crippen molar-refractivity contribution < 1.29 is 0 Å². The van der Waals surface area contributed by atoms with Gasteiger partial charge in [0.2, 0.25) is 0 Å². The molecular weight excluding hydrogens is 150 g/mol. The molecule has 1 aromatic carbocycles. The first-order chi connectivity index (χ1) is 5.95. The highest BCUT2D eigenvalue weighted by molar-refractivity contribution is 5.81. The summed E-state index contributed by atoms with van der Waals surface area (Å²) in [6.45, 7) is 0. The number of hydrogen-bond acceptors (Lipinski definition) is 2. The van der Waals surface area contributed by atoms with E-state index in [9.17, 15) is 0 Å². The second-order valence-electron chi connectivity index (χ2n) is 2.91. The van der Waals surface area contributed by atoms with Crippen LogP contribution in [0.25, 0.3) is 17.2 Å². The smallest absolute Gasteiger partial charge is 0.113 e. The molecule has 2 aromatic rings. The Labute approximate surface area is 69.3 Å². The van der Waals surface area contributed by atoms with Crippen molar-refractivity contribution in [3.05, 3.63) is 29.8 Å². The van der Waals surface area contributed by atoms with E-state index in [2.05, 4.69) is 22.5 Å². The minimum Gasteiger partial charge on any atom is -0.220 e. The zero-order valence-corrected chi connectivity index (χ0v) is 6.44. The minimum absolute atomic E-state index is 0.983. The van der Waals surface area contributed by atoms with Gasteiger partial charge in [-0.3, -0.25) is 0 Å². The van der Waals surface area contributed by atoms with Crippen LogP contribution in [-0.2, 0) is 6.42 Å². The second kappa shape index (κ2) is 1.94. The van der Waals surface area contributed by atoms with E-state index in [1.807, 2.05) is 23.0 Å². The molecule has 0 N–H and O–H groups in total. The van der Waals surface area contributed by atoms with Crippen molar-refractivity contribution in [3.63, 3.8) is 0 Å². The Morgan fingerprint density at radius 3 is 3.33 bits per heavy atom. The van der Waals surface area contributed by atoms with Gasteiger partial charge in [0.15, 0.2) is 0 Å². The Hall–Kier alpha value is -1.64. The first-order valence-corrected chi connectivity index (χ1v) is 3.94. The van der Waals surface area contributed by atoms with Gasteiger partial charge in [-0.1, -0.05) is 23.4 Å². The molecule has 0 aliphatic carbocycles. The average molecular weight is 157 g/mol. The van der Waals surface area contributed by atoms with E-state index in [1.54, 1.807) is 0 Å². The molecule has 0 unspecified atom stereocenters. The molecule has 0 spiro atoms. The summed E-state index contributed by atoms with van der Waals surface area (Å²) in [5.74, 6) is 0. The van der Waals surface area contributed by atoms with Gasteiger partial charge in [0.25, 0.3) is 0 Å². The minimum atomic E-state index is 0.983. The quantitative estimate of drug-likeness (QED) is 0.579. The molecule has 58 valence electrons. The molecule has 12 heavy (non-hydrogen) atoms. The van der Waals surface area contributed by atoms with Crippen molar-refractivity contribution in [2.75, 3.05) is 0 Å². The first kappa shape index (κ1) is 5.94. The SMILES string of the molecule is C1=Cn2nnc3cccc(c32)C1. The van der Waals surface area contributed by atoms with Gasteiger partial charge in [-0.15, -0.1) is 5.10 Å². The van der Waals surface area contributed by atoms with Crippen molar-refractivity contribution in [2.24, 2.45) is 0 Å². The standard InChI is InChI=1S/C9H7N3/c1-3-7-4-2-6-12-9(7)8(5-1)10-11-12/h1-3,5-6H,4H2. The maximum Gasteiger partial charge on any atom is 0.113 e. The summed E-state index contributed by atoms with van der Waals surface area (Å²) >= 11 is 0. The number of nitrogens with zero attached hydrogens (tertiary/aromatic N) is 3. The van der Waals surface area contributed by atoms with Crippen molar-refractivity contribution >= 4 is 17.2 Å². The van der Waals surface area contributed by atoms with Crippen molar-refractivity contribution in [1.82, 2.24) is 15.0 Å². The molecule has 0 radical (unpaired) electrons. The van der Waals surface area contributed by atoms with Crippen LogP contribution in [0.15, 0.2) is 24.3 Å². The van der Waals surface area contributed by atoms with Crippen molar-refractivity contribution in [2.45, 2.75) is 6.42 Å². The third kappa shape index (κ3) is 0.605. The van der Waals surface area contributed by atoms with Crippen molar-refractivity contribution in [3.8, 4) is 0 Å². The van der Waals surface area contributed by atoms with E-state index in [0.29, 0.717) is 0 Å². The van der Waals surface area contributed by atoms with Gasteiger partial charge in [0.05, 0.1) is 5.52 Å². The predicted octanol–water partition coefficient (Wildman–Crippen LogP) is 1.46. The molecule has 0 fully saturated rings. The summed E-state index contributed by atoms with van der Waals surface area (Å²) in [7, 11) is 0. The monoisotopic (exact) mass is 157 g/mol. The number of para-hydroxylation sites is 1. The Kier molecular flexibility index (Phi) is 0.961. The maximum atomic E-state index is 4.05. The van der Waals surface area contributed by atoms with E-state index in [4.69, 9.17) is 0 Å². The van der Waals surface area contributed by atoms with Crippen LogP contribution >= 0.6 is 0 Å². The lowest BCUT2D eigenvalue weighted by Crippen LogP contribution is -1.97. The lowest BCUT2D eigenvalue weighted by molar-refractivity contribution is 0.851. The zero-order valence-electron chi connectivity index (χ0n) is 6.44. The van der Waals surface area contributed by atoms with Gasteiger partial charge < -0.3 is 0 Å². The molecule has 0 saturated heterocycles. The molecule has 3 rings (SSSR count). The normalized spacial score (nSPS) is 14.0. The third-order valence-electron chi connectivity index (χ3n) is 2.16. The highest BCUT2D eigenvalue weighted by Gasteiger charge is 2.09. The number of allylic oxidation sites excluding steroid dienone is 1. The van der Waals surface area contributed by atoms with Crippen LogP contribution in [-0.4, -0.2) is 15.0 Å². The van der Waals surface area contributed by atoms with Crippen LogP contribution < -0.4 is 0 Å². The molecular formula is C9H7N3. The molecule has 3 nitrogen and oxygen atoms in total. The van der Waals surface area contributed by atoms with Gasteiger partial charge in [-0.25, -0.2) is 4.68 Å². The van der Waals surface area contributed by atoms with Crippen LogP contribution in [0.3, 0.4) is 0 Å². The van der Waals surface area contributed by atoms with Gasteiger partial charge >= 0.3 is 0 Å². The molecule has 1 aliphatic rings. The summed E-state index contributed by atoms with van der Waals surface area (Å²) < 4.78 is 1.83. The number of benzene rings is 1. The van der Waals surface area contributed by atoms with E-state index >= 15 is 0 Å². The fourth-order valence-electron chi connectivity index (χ4n) is 1.61. The molecule has 0 bridgehead atoms. The number of hydrogen-bond donors (Lipinski definition) is 0. The summed E-state index contributed by atoms with van der Waals surface area (Å²) in [4.78, 5) is 0. The molecule has 1 aromatic heterocycles. The highest BCUT2D eigenvalue weighted by Crippen LogP contribution is 2.20. The summed E-state index contributed by atoms with van der Waals surface area (Å²) in [6.07, 6.45) is 5.05. The van der Waals surface area contributed by atoms with Gasteiger partial charge in [0, 0.05) is 6.20 Å². The van der Waals surface area contributed by atoms with E-state index in [0.717, 1.165) is 17.5 Å². The second-order valence-corrected chi connectivity index (χ2v) is 2.91. The third-order valence-corrected chi connectivity index (χ3v) is 2.16. The van der Waals surface area contributed by atoms with Crippen LogP contribution in [0.1, 0.15) is 5.56 Å². The Bertz CT molecular complexity index is 468. The number of rotatable bonds is 0. The topological polar surface area (TPSA) is 30.7 Å². The Balaban J connectivity index is 2.57. The summed E-state index contributed by atoms with van der Waals surface area (Å²) in [6, 6.07) is 6.13. The fourth-order valence-corrected chi connectivity index (χ4v) is 1.61. The Morgan fingerprint density at radius 2 is 2.33 bits per heavy atom. The van der Waals surface area contributed by atoms with Gasteiger partial charge in [-0.2, -0.15) is 0 Å². The van der Waals surface area contributed by atoms with Gasteiger partial charge in [0.1, 0.15) is 5.52 Å². The molecule has 0 amide bonds. The maximum absolute atomic E-state index is 4.05. The molecule has 2 heterocycles. The molecule has 0 atom stereocenters. The predicted molar refractivity (Wildman–Crippen MR) is 46.6 cm³/mol. The molecule has 0 saturated carbocycles. The molecule has 1 aliphatic heterocycles. The lowest BCUT2D eigenvalue weighted by atomic mass is 10.1. The van der Waals surface area contributed by atoms with Crippen molar-refractivity contribution in [1.29, 1.82) is 0 Å². The lowest BCUT2D eigenvalue weighted by Gasteiger charge is -2.05. The highest BCUT2D eigenvalue weighted by atomic mass is 15.4. The van der Waals surface area contributed by atoms with Crippen LogP contribution in [0, 0.1) is 0 Å². The molecule has 3 heteroatoms. The van der Waals surface area contributed by atoms with Crippen LogP contribution in [0.4, 0.5) is 0 Å². The van der Waals surface area contributed by atoms with Crippen LogP contribution in [0.2, 0.25) is 0 Å². The fraction of sp³-hybridized carbons (Fsp3) is 0.111. The van der Waals surface area contributed by atoms with E-state index in [1.165, 1.54) is 5.56 Å². The summed E-state index contributed by atoms with van der Waals surface area (Å²) in [5, 5.41) is 8.06. The first-order valence-electron chi connectivity index (χ1n) is 3.94. The average Bonchev–Trinajstić information content (AvgIpc) is 2.52. The Morgan fingerprint density at radius 1 is 1.33 bits per heavy atom. The van der Waals surface area contributed by atoms with E-state index in [-0.39, 0.29) is 0 Å². The van der Waals surface area contributed by atoms with Gasteiger partial charge in [-0.05, 0) is 18.1 Å². The largest absolute Gasteiger partial charge is 0.220 e. The van der Waals surface area contributed by atoms with E-state index < -0.39 is 0 Å².